The van der Waals surface area contributed by atoms with Crippen molar-refractivity contribution in [1.29, 1.82) is 0 Å². The molecular formula is C19H30N2. The zero-order chi connectivity index (χ0) is 14.8. The fourth-order valence-corrected chi connectivity index (χ4v) is 3.78. The van der Waals surface area contributed by atoms with Crippen molar-refractivity contribution in [3.8, 4) is 0 Å². The first-order chi connectivity index (χ1) is 10.1. The molecule has 1 saturated heterocycles. The maximum atomic E-state index is 6.55. The van der Waals surface area contributed by atoms with Gasteiger partial charge in [-0.2, -0.15) is 0 Å². The zero-order valence-electron chi connectivity index (χ0n) is 13.6. The van der Waals surface area contributed by atoms with Crippen molar-refractivity contribution in [3.05, 3.63) is 35.4 Å². The van der Waals surface area contributed by atoms with Crippen molar-refractivity contribution < 1.29 is 0 Å². The Morgan fingerprint density at radius 1 is 1.05 bits per heavy atom. The highest BCUT2D eigenvalue weighted by Crippen LogP contribution is 2.40. The van der Waals surface area contributed by atoms with Crippen LogP contribution in [0.5, 0.6) is 0 Å². The summed E-state index contributed by atoms with van der Waals surface area (Å²) < 4.78 is 0. The number of benzene rings is 1. The standard InChI is InChI=1S/C19H30N2/c1-14(2)13-21-12-4-3-5-18(20)19(21)17-10-8-16(9-11-17)15-6-7-15/h8-11,14-15,18-19H,3-7,12-13,20H2,1-2H3. The molecule has 2 N–H and O–H groups in total. The lowest BCUT2D eigenvalue weighted by atomic mass is 9.94. The van der Waals surface area contributed by atoms with Crippen LogP contribution in [0.4, 0.5) is 0 Å². The second-order valence-electron chi connectivity index (χ2n) is 7.43. The van der Waals surface area contributed by atoms with Gasteiger partial charge in [0.05, 0.1) is 0 Å². The highest BCUT2D eigenvalue weighted by Gasteiger charge is 2.30. The Morgan fingerprint density at radius 2 is 1.71 bits per heavy atom. The van der Waals surface area contributed by atoms with Crippen molar-refractivity contribution in [2.24, 2.45) is 11.7 Å². The molecule has 1 aromatic rings. The normalized spacial score (nSPS) is 27.8. The Kier molecular flexibility index (Phi) is 4.66. The van der Waals surface area contributed by atoms with Crippen molar-refractivity contribution in [1.82, 2.24) is 4.90 Å². The predicted octanol–water partition coefficient (Wildman–Crippen LogP) is 4.07. The van der Waals surface area contributed by atoms with E-state index >= 15 is 0 Å². The first-order valence-electron chi connectivity index (χ1n) is 8.74. The van der Waals surface area contributed by atoms with Crippen LogP contribution in [0.2, 0.25) is 0 Å². The minimum atomic E-state index is 0.276. The molecule has 0 radical (unpaired) electrons. The maximum absolute atomic E-state index is 6.55. The molecule has 2 aliphatic rings. The molecule has 0 bridgehead atoms. The van der Waals surface area contributed by atoms with E-state index in [1.54, 1.807) is 0 Å². The second-order valence-corrected chi connectivity index (χ2v) is 7.43. The number of hydrogen-bond donors (Lipinski definition) is 1. The molecule has 1 aliphatic carbocycles. The van der Waals surface area contributed by atoms with E-state index in [1.807, 2.05) is 0 Å². The summed E-state index contributed by atoms with van der Waals surface area (Å²) in [6.07, 6.45) is 6.47. The first kappa shape index (κ1) is 15.1. The summed E-state index contributed by atoms with van der Waals surface area (Å²) in [5.41, 5.74) is 9.50. The highest BCUT2D eigenvalue weighted by molar-refractivity contribution is 5.30. The van der Waals surface area contributed by atoms with Gasteiger partial charge in [-0.3, -0.25) is 4.90 Å². The van der Waals surface area contributed by atoms with Crippen LogP contribution in [0, 0.1) is 5.92 Å². The molecule has 1 aromatic carbocycles. The summed E-state index contributed by atoms with van der Waals surface area (Å²) in [6, 6.07) is 10.1. The lowest BCUT2D eigenvalue weighted by Crippen LogP contribution is -2.41. The molecule has 1 aliphatic heterocycles. The molecule has 0 amide bonds. The molecule has 1 saturated carbocycles. The van der Waals surface area contributed by atoms with Gasteiger partial charge < -0.3 is 5.73 Å². The van der Waals surface area contributed by atoms with Gasteiger partial charge >= 0.3 is 0 Å². The van der Waals surface area contributed by atoms with E-state index in [0.29, 0.717) is 12.0 Å². The molecule has 21 heavy (non-hydrogen) atoms. The van der Waals surface area contributed by atoms with Crippen molar-refractivity contribution in [3.63, 3.8) is 0 Å². The SMILES string of the molecule is CC(C)CN1CCCCC(N)C1c1ccc(C2CC2)cc1. The van der Waals surface area contributed by atoms with Crippen molar-refractivity contribution in [2.45, 2.75) is 64.0 Å². The van der Waals surface area contributed by atoms with E-state index in [1.165, 1.54) is 43.4 Å². The van der Waals surface area contributed by atoms with Gasteiger partial charge in [0.1, 0.15) is 0 Å². The minimum absolute atomic E-state index is 0.276. The van der Waals surface area contributed by atoms with Gasteiger partial charge in [0, 0.05) is 18.6 Å². The van der Waals surface area contributed by atoms with Crippen LogP contribution in [-0.2, 0) is 0 Å². The highest BCUT2D eigenvalue weighted by atomic mass is 15.2. The van der Waals surface area contributed by atoms with Gasteiger partial charge in [-0.25, -0.2) is 0 Å². The summed E-state index contributed by atoms with van der Waals surface area (Å²) in [5.74, 6) is 1.54. The topological polar surface area (TPSA) is 29.3 Å². The molecule has 2 heteroatoms. The van der Waals surface area contributed by atoms with Gasteiger partial charge in [0.2, 0.25) is 0 Å². The quantitative estimate of drug-likeness (QED) is 0.904. The molecule has 116 valence electrons. The van der Waals surface area contributed by atoms with Crippen molar-refractivity contribution in [2.75, 3.05) is 13.1 Å². The van der Waals surface area contributed by atoms with E-state index in [2.05, 4.69) is 43.0 Å². The largest absolute Gasteiger partial charge is 0.326 e. The van der Waals surface area contributed by atoms with Crippen LogP contribution in [0.3, 0.4) is 0 Å². The van der Waals surface area contributed by atoms with Crippen LogP contribution >= 0.6 is 0 Å². The van der Waals surface area contributed by atoms with Gasteiger partial charge in [0.25, 0.3) is 0 Å². The molecule has 1 heterocycles. The van der Waals surface area contributed by atoms with E-state index in [-0.39, 0.29) is 6.04 Å². The molecule has 0 spiro atoms. The minimum Gasteiger partial charge on any atom is -0.326 e. The Bertz CT molecular complexity index is 447. The Labute approximate surface area is 129 Å². The molecule has 2 fully saturated rings. The summed E-state index contributed by atoms with van der Waals surface area (Å²) in [6.45, 7) is 6.97. The number of likely N-dealkylation sites (tertiary alicyclic amines) is 1. The monoisotopic (exact) mass is 286 g/mol. The average Bonchev–Trinajstić information content (AvgIpc) is 3.28. The lowest BCUT2D eigenvalue weighted by molar-refractivity contribution is 0.165. The Hall–Kier alpha value is -0.860. The molecule has 2 unspecified atom stereocenters. The second kappa shape index (κ2) is 6.50. The number of nitrogens with zero attached hydrogens (tertiary/aromatic N) is 1. The first-order valence-corrected chi connectivity index (χ1v) is 8.74. The third kappa shape index (κ3) is 3.67. The number of hydrogen-bond acceptors (Lipinski definition) is 2. The smallest absolute Gasteiger partial charge is 0.0499 e. The van der Waals surface area contributed by atoms with E-state index in [4.69, 9.17) is 5.73 Å². The lowest BCUT2D eigenvalue weighted by Gasteiger charge is -2.35. The van der Waals surface area contributed by atoms with Crippen LogP contribution in [-0.4, -0.2) is 24.0 Å². The predicted molar refractivity (Wildman–Crippen MR) is 89.4 cm³/mol. The molecule has 2 nitrogen and oxygen atoms in total. The maximum Gasteiger partial charge on any atom is 0.0499 e. The van der Waals surface area contributed by atoms with Crippen LogP contribution < -0.4 is 5.73 Å². The third-order valence-corrected chi connectivity index (χ3v) is 4.96. The van der Waals surface area contributed by atoms with Gasteiger partial charge in [-0.05, 0) is 55.2 Å². The summed E-state index contributed by atoms with van der Waals surface area (Å²) in [5, 5.41) is 0. The van der Waals surface area contributed by atoms with Crippen LogP contribution in [0.1, 0.15) is 69.0 Å². The van der Waals surface area contributed by atoms with E-state index in [0.717, 1.165) is 18.9 Å². The van der Waals surface area contributed by atoms with Gasteiger partial charge in [0.15, 0.2) is 0 Å². The molecular weight excluding hydrogens is 256 g/mol. The Morgan fingerprint density at radius 3 is 2.33 bits per heavy atom. The summed E-state index contributed by atoms with van der Waals surface area (Å²) in [7, 11) is 0. The number of nitrogens with two attached hydrogens (primary N) is 1. The van der Waals surface area contributed by atoms with Crippen LogP contribution in [0.25, 0.3) is 0 Å². The van der Waals surface area contributed by atoms with Gasteiger partial charge in [-0.1, -0.05) is 44.5 Å². The molecule has 3 rings (SSSR count). The summed E-state index contributed by atoms with van der Waals surface area (Å²) >= 11 is 0. The van der Waals surface area contributed by atoms with Crippen molar-refractivity contribution >= 4 is 0 Å². The third-order valence-electron chi connectivity index (χ3n) is 4.96. The van der Waals surface area contributed by atoms with Crippen LogP contribution in [0.15, 0.2) is 24.3 Å². The van der Waals surface area contributed by atoms with E-state index < -0.39 is 0 Å². The average molecular weight is 286 g/mol. The molecule has 0 aromatic heterocycles. The fourth-order valence-electron chi connectivity index (χ4n) is 3.78. The van der Waals surface area contributed by atoms with Gasteiger partial charge in [-0.15, -0.1) is 0 Å². The molecule has 2 atom stereocenters. The fraction of sp³-hybridized carbons (Fsp3) is 0.684. The summed E-state index contributed by atoms with van der Waals surface area (Å²) in [4.78, 5) is 2.63. The zero-order valence-corrected chi connectivity index (χ0v) is 13.6. The van der Waals surface area contributed by atoms with E-state index in [9.17, 15) is 0 Å². The Balaban J connectivity index is 1.82. The number of rotatable bonds is 4.